The molecule has 1 aromatic carbocycles. The van der Waals surface area contributed by atoms with Gasteiger partial charge in [-0.25, -0.2) is 14.6 Å². The number of esters is 1. The van der Waals surface area contributed by atoms with E-state index in [-0.39, 0.29) is 49.0 Å². The number of Topliss-reactive ketones (excluding diaryl/α,β-unsaturated/α-hetero) is 1. The highest BCUT2D eigenvalue weighted by molar-refractivity contribution is 5.95. The molecule has 13 nitrogen and oxygen atoms in total. The molecule has 4 atom stereocenters. The Bertz CT molecular complexity index is 1600. The summed E-state index contributed by atoms with van der Waals surface area (Å²) < 4.78 is 57.2. The zero-order valence-corrected chi connectivity index (χ0v) is 29.5. The van der Waals surface area contributed by atoms with Crippen LogP contribution in [0.2, 0.25) is 0 Å². The number of rotatable bonds is 18. The first-order valence-electron chi connectivity index (χ1n) is 16.7. The highest BCUT2D eigenvalue weighted by atomic mass is 19.4. The van der Waals surface area contributed by atoms with Crippen molar-refractivity contribution in [3.05, 3.63) is 78.2 Å². The van der Waals surface area contributed by atoms with Gasteiger partial charge in [-0.2, -0.15) is 0 Å². The summed E-state index contributed by atoms with van der Waals surface area (Å²) in [5.74, 6) is -2.43. The Morgan fingerprint density at radius 3 is 2.56 bits per heavy atom. The van der Waals surface area contributed by atoms with E-state index in [4.69, 9.17) is 13.9 Å². The molecule has 0 bridgehead atoms. The van der Waals surface area contributed by atoms with E-state index in [9.17, 15) is 37.5 Å². The molecule has 0 radical (unpaired) electrons. The fourth-order valence-electron chi connectivity index (χ4n) is 5.30. The van der Waals surface area contributed by atoms with Gasteiger partial charge >= 0.3 is 18.4 Å². The van der Waals surface area contributed by atoms with Crippen molar-refractivity contribution >= 4 is 29.4 Å². The van der Waals surface area contributed by atoms with Crippen LogP contribution in [0.5, 0.6) is 5.75 Å². The van der Waals surface area contributed by atoms with E-state index in [0.717, 1.165) is 29.7 Å². The first-order valence-corrected chi connectivity index (χ1v) is 16.7. The Morgan fingerprint density at radius 1 is 1.19 bits per heavy atom. The highest BCUT2D eigenvalue weighted by Crippen LogP contribution is 2.25. The number of carbonyl (C=O) groups excluding carboxylic acids is 4. The maximum atomic E-state index is 13.3. The number of hydrogen-bond donors (Lipinski definition) is 3. The van der Waals surface area contributed by atoms with Crippen LogP contribution in [-0.2, 0) is 25.5 Å². The molecule has 2 heterocycles. The Kier molecular flexibility index (Phi) is 15.5. The van der Waals surface area contributed by atoms with E-state index in [1.807, 2.05) is 19.1 Å². The largest absolute Gasteiger partial charge is 0.573 e. The van der Waals surface area contributed by atoms with Crippen molar-refractivity contribution in [2.75, 3.05) is 25.0 Å². The maximum Gasteiger partial charge on any atom is 0.573 e. The third-order valence-electron chi connectivity index (χ3n) is 7.82. The molecule has 284 valence electrons. The van der Waals surface area contributed by atoms with Gasteiger partial charge in [-0.3, -0.25) is 14.9 Å². The molecule has 1 saturated heterocycles. The van der Waals surface area contributed by atoms with Crippen LogP contribution in [0.25, 0.3) is 0 Å². The lowest BCUT2D eigenvalue weighted by atomic mass is 10.0. The first kappa shape index (κ1) is 41.3. The van der Waals surface area contributed by atoms with Gasteiger partial charge in [0.25, 0.3) is 5.91 Å². The van der Waals surface area contributed by atoms with Crippen molar-refractivity contribution < 1.29 is 56.1 Å². The van der Waals surface area contributed by atoms with E-state index in [1.54, 1.807) is 26.8 Å². The molecule has 16 heteroatoms. The number of oxazole rings is 1. The van der Waals surface area contributed by atoms with Crippen LogP contribution in [0.4, 0.5) is 23.7 Å². The fourth-order valence-corrected chi connectivity index (χ4v) is 5.30. The van der Waals surface area contributed by atoms with Crippen molar-refractivity contribution in [2.24, 2.45) is 5.92 Å². The van der Waals surface area contributed by atoms with Gasteiger partial charge in [-0.15, -0.1) is 13.2 Å². The second-order valence-corrected chi connectivity index (χ2v) is 12.4. The number of allylic oxidation sites excluding steroid dienone is 3. The van der Waals surface area contributed by atoms with Crippen LogP contribution in [-0.4, -0.2) is 83.1 Å². The minimum atomic E-state index is -4.84. The predicted octanol–water partition coefficient (Wildman–Crippen LogP) is 5.87. The van der Waals surface area contributed by atoms with Crippen LogP contribution in [0, 0.1) is 5.92 Å². The van der Waals surface area contributed by atoms with Crippen molar-refractivity contribution in [3.8, 4) is 5.75 Å². The number of amides is 2. The van der Waals surface area contributed by atoms with Crippen molar-refractivity contribution in [1.29, 1.82) is 0 Å². The normalized spacial score (nSPS) is 16.6. The number of aliphatic hydroxyl groups excluding tert-OH is 1. The maximum absolute atomic E-state index is 13.3. The van der Waals surface area contributed by atoms with E-state index in [0.29, 0.717) is 25.8 Å². The quantitative estimate of drug-likeness (QED) is 0.124. The Labute approximate surface area is 299 Å². The average molecular weight is 735 g/mol. The van der Waals surface area contributed by atoms with Gasteiger partial charge in [0.05, 0.1) is 19.1 Å². The SMILES string of the molecule is C=C(C)NC/C=C/C(C)=C/[C@@H](O)CC(=O)Cc1nc(C(=O)N2CCC[C@@H]2C(=O)O[C@@H](CC)[C@H](C)COC(=O)Nc2ccc(OC(F)(F)F)cc2)co1. The lowest BCUT2D eigenvalue weighted by Gasteiger charge is -2.27. The molecule has 2 aromatic rings. The molecule has 1 aromatic heterocycles. The van der Waals surface area contributed by atoms with Crippen molar-refractivity contribution in [2.45, 2.75) is 84.4 Å². The molecule has 52 heavy (non-hydrogen) atoms. The van der Waals surface area contributed by atoms with Crippen LogP contribution in [0.3, 0.4) is 0 Å². The third kappa shape index (κ3) is 13.9. The summed E-state index contributed by atoms with van der Waals surface area (Å²) in [4.78, 5) is 56.9. The summed E-state index contributed by atoms with van der Waals surface area (Å²) in [6.45, 7) is 11.6. The second kappa shape index (κ2) is 19.5. The Morgan fingerprint density at radius 2 is 1.90 bits per heavy atom. The number of carbonyl (C=O) groups is 4. The molecule has 2 amide bonds. The van der Waals surface area contributed by atoms with Crippen LogP contribution < -0.4 is 15.4 Å². The number of alkyl halides is 3. The summed E-state index contributed by atoms with van der Waals surface area (Å²) in [5.41, 5.74) is 1.71. The Balaban J connectivity index is 1.48. The fraction of sp³-hybridized carbons (Fsp3) is 0.472. The molecule has 0 unspecified atom stereocenters. The van der Waals surface area contributed by atoms with Crippen molar-refractivity contribution in [3.63, 3.8) is 0 Å². The summed E-state index contributed by atoms with van der Waals surface area (Å²) in [7, 11) is 0. The van der Waals surface area contributed by atoms with Gasteiger partial charge in [0.1, 0.15) is 29.9 Å². The highest BCUT2D eigenvalue weighted by Gasteiger charge is 2.38. The summed E-state index contributed by atoms with van der Waals surface area (Å²) in [6.07, 6.45) is -0.156. The van der Waals surface area contributed by atoms with Gasteiger partial charge < -0.3 is 34.0 Å². The van der Waals surface area contributed by atoms with Crippen molar-refractivity contribution in [1.82, 2.24) is 15.2 Å². The summed E-state index contributed by atoms with van der Waals surface area (Å²) in [6, 6.07) is 3.62. The summed E-state index contributed by atoms with van der Waals surface area (Å²) >= 11 is 0. The second-order valence-electron chi connectivity index (χ2n) is 12.4. The number of nitrogens with one attached hydrogen (secondary N) is 2. The minimum absolute atomic E-state index is 0.00161. The Hall–Kier alpha value is -5.12. The number of benzene rings is 1. The minimum Gasteiger partial charge on any atom is -0.460 e. The molecule has 1 aliphatic heterocycles. The zero-order chi connectivity index (χ0) is 38.4. The first-order chi connectivity index (χ1) is 24.5. The van der Waals surface area contributed by atoms with Gasteiger partial charge in [0.2, 0.25) is 5.89 Å². The van der Waals surface area contributed by atoms with Gasteiger partial charge in [-0.1, -0.05) is 44.2 Å². The number of aromatic nitrogens is 1. The number of nitrogens with zero attached hydrogens (tertiary/aromatic N) is 2. The number of halogens is 3. The number of anilines is 1. The van der Waals surface area contributed by atoms with E-state index in [2.05, 4.69) is 26.9 Å². The average Bonchev–Trinajstić information content (AvgIpc) is 3.74. The molecular formula is C36H45F3N4O9. The van der Waals surface area contributed by atoms with Crippen LogP contribution in [0.15, 0.2) is 71.0 Å². The predicted molar refractivity (Wildman–Crippen MR) is 183 cm³/mol. The molecule has 0 aliphatic carbocycles. The molecule has 3 rings (SSSR count). The third-order valence-corrected chi connectivity index (χ3v) is 7.82. The molecule has 1 aliphatic rings. The molecular weight excluding hydrogens is 689 g/mol. The zero-order valence-electron chi connectivity index (χ0n) is 29.5. The topological polar surface area (TPSA) is 170 Å². The lowest BCUT2D eigenvalue weighted by molar-refractivity contribution is -0.274. The molecule has 3 N–H and O–H groups in total. The number of ketones is 1. The number of likely N-dealkylation sites (tertiary alicyclic amines) is 1. The van der Waals surface area contributed by atoms with E-state index in [1.165, 1.54) is 17.0 Å². The molecule has 1 fully saturated rings. The van der Waals surface area contributed by atoms with E-state index >= 15 is 0 Å². The standard InChI is InChI=1S/C36H45F3N4O9/c1-6-31(24(5)20-50-35(48)41-25-11-13-28(14-12-25)52-36(37,38)39)51-34(47)30-10-8-16-43(30)33(46)29-21-49-32(42-29)19-27(45)18-26(44)17-23(4)9-7-15-40-22(2)3/h7,9,11-14,17,21,24,26,30-31,40,44H,2,6,8,10,15-16,18-20H2,1,3-5H3,(H,41,48)/b9-7+,23-17+/t24-,26-,30-,31+/m1/s1. The molecule has 0 spiro atoms. The monoisotopic (exact) mass is 734 g/mol. The number of aliphatic hydroxyl groups is 1. The smallest absolute Gasteiger partial charge is 0.460 e. The van der Waals surface area contributed by atoms with E-state index < -0.39 is 54.2 Å². The summed E-state index contributed by atoms with van der Waals surface area (Å²) in [5, 5.41) is 15.8. The molecule has 0 saturated carbocycles. The number of hydrogen-bond acceptors (Lipinski definition) is 11. The van der Waals surface area contributed by atoms with Crippen LogP contribution >= 0.6 is 0 Å². The van der Waals surface area contributed by atoms with Gasteiger partial charge in [-0.05, 0) is 57.4 Å². The lowest BCUT2D eigenvalue weighted by Crippen LogP contribution is -2.43. The number of ether oxygens (including phenoxy) is 3. The van der Waals surface area contributed by atoms with Crippen LogP contribution in [0.1, 0.15) is 69.8 Å². The van der Waals surface area contributed by atoms with Gasteiger partial charge in [0.15, 0.2) is 5.69 Å². The van der Waals surface area contributed by atoms with Gasteiger partial charge in [0, 0.05) is 36.8 Å².